The second-order valence-corrected chi connectivity index (χ2v) is 6.32. The van der Waals surface area contributed by atoms with Crippen LogP contribution < -0.4 is 5.32 Å². The Kier molecular flexibility index (Phi) is 5.48. The third-order valence-electron chi connectivity index (χ3n) is 3.23. The first-order valence-corrected chi connectivity index (χ1v) is 8.05. The van der Waals surface area contributed by atoms with Crippen molar-refractivity contribution in [3.63, 3.8) is 0 Å². The van der Waals surface area contributed by atoms with Gasteiger partial charge in [0, 0.05) is 28.4 Å². The number of hydrogen-bond acceptors (Lipinski definition) is 3. The second-order valence-electron chi connectivity index (χ2n) is 4.47. The smallest absolute Gasteiger partial charge is 0.0731 e. The van der Waals surface area contributed by atoms with E-state index >= 15 is 0 Å². The van der Waals surface area contributed by atoms with Crippen molar-refractivity contribution in [3.05, 3.63) is 20.8 Å². The maximum Gasteiger partial charge on any atom is 0.0731 e. The lowest BCUT2D eigenvalue weighted by Crippen LogP contribution is -2.44. The van der Waals surface area contributed by atoms with E-state index in [0.717, 1.165) is 19.6 Å². The Morgan fingerprint density at radius 1 is 1.59 bits per heavy atom. The van der Waals surface area contributed by atoms with E-state index in [9.17, 15) is 0 Å². The number of nitrogens with one attached hydrogen (secondary N) is 1. The SMILES string of the molecule is CCNC(Cc1sccc1Br)C1CCCCO1. The molecule has 0 amide bonds. The predicted octanol–water partition coefficient (Wildman–Crippen LogP) is 3.60. The van der Waals surface area contributed by atoms with Gasteiger partial charge in [-0.05, 0) is 53.2 Å². The van der Waals surface area contributed by atoms with E-state index in [0.29, 0.717) is 12.1 Å². The topological polar surface area (TPSA) is 21.3 Å². The molecule has 1 N–H and O–H groups in total. The summed E-state index contributed by atoms with van der Waals surface area (Å²) in [4.78, 5) is 1.42. The molecule has 4 heteroatoms. The highest BCUT2D eigenvalue weighted by Crippen LogP contribution is 2.26. The molecule has 1 aromatic rings. The quantitative estimate of drug-likeness (QED) is 0.896. The Hall–Kier alpha value is 0.1000. The van der Waals surface area contributed by atoms with Crippen LogP contribution in [0.1, 0.15) is 31.1 Å². The lowest BCUT2D eigenvalue weighted by molar-refractivity contribution is -0.00696. The van der Waals surface area contributed by atoms with E-state index in [1.165, 1.54) is 28.6 Å². The summed E-state index contributed by atoms with van der Waals surface area (Å²) in [5.41, 5.74) is 0. The maximum atomic E-state index is 5.91. The molecule has 2 atom stereocenters. The highest BCUT2D eigenvalue weighted by atomic mass is 79.9. The number of thiophene rings is 1. The second kappa shape index (κ2) is 6.88. The summed E-state index contributed by atoms with van der Waals surface area (Å²) in [6, 6.07) is 2.58. The lowest BCUT2D eigenvalue weighted by atomic mass is 9.99. The molecule has 0 saturated carbocycles. The molecule has 1 aliphatic rings. The highest BCUT2D eigenvalue weighted by molar-refractivity contribution is 9.10. The minimum atomic E-state index is 0.387. The van der Waals surface area contributed by atoms with Crippen LogP contribution >= 0.6 is 27.3 Å². The summed E-state index contributed by atoms with van der Waals surface area (Å²) in [5.74, 6) is 0. The fraction of sp³-hybridized carbons (Fsp3) is 0.692. The summed E-state index contributed by atoms with van der Waals surface area (Å²) in [5, 5.41) is 5.72. The van der Waals surface area contributed by atoms with Crippen molar-refractivity contribution in [2.24, 2.45) is 0 Å². The summed E-state index contributed by atoms with van der Waals surface area (Å²) < 4.78 is 7.15. The van der Waals surface area contributed by atoms with E-state index in [2.05, 4.69) is 39.6 Å². The Bertz CT molecular complexity index is 336. The van der Waals surface area contributed by atoms with Gasteiger partial charge < -0.3 is 10.1 Å². The van der Waals surface area contributed by atoms with Crippen LogP contribution in [-0.2, 0) is 11.2 Å². The number of hydrogen-bond donors (Lipinski definition) is 1. The Balaban J connectivity index is 1.98. The molecule has 0 bridgehead atoms. The van der Waals surface area contributed by atoms with Crippen LogP contribution in [0.25, 0.3) is 0 Å². The molecule has 96 valence electrons. The van der Waals surface area contributed by atoms with Gasteiger partial charge in [-0.1, -0.05) is 6.92 Å². The number of ether oxygens (including phenoxy) is 1. The van der Waals surface area contributed by atoms with Gasteiger partial charge in [-0.3, -0.25) is 0 Å². The van der Waals surface area contributed by atoms with Crippen molar-refractivity contribution in [2.45, 2.75) is 44.8 Å². The number of likely N-dealkylation sites (N-methyl/N-ethyl adjacent to an activating group) is 1. The lowest BCUT2D eigenvalue weighted by Gasteiger charge is -2.31. The Morgan fingerprint density at radius 3 is 3.06 bits per heavy atom. The van der Waals surface area contributed by atoms with Gasteiger partial charge in [0.15, 0.2) is 0 Å². The van der Waals surface area contributed by atoms with Crippen LogP contribution in [0, 0.1) is 0 Å². The molecule has 2 heterocycles. The van der Waals surface area contributed by atoms with Gasteiger partial charge in [0.25, 0.3) is 0 Å². The van der Waals surface area contributed by atoms with Gasteiger partial charge in [-0.2, -0.15) is 0 Å². The van der Waals surface area contributed by atoms with Crippen LogP contribution in [0.4, 0.5) is 0 Å². The van der Waals surface area contributed by atoms with Crippen molar-refractivity contribution in [1.29, 1.82) is 0 Å². The third-order valence-corrected chi connectivity index (χ3v) is 5.18. The maximum absolute atomic E-state index is 5.91. The van der Waals surface area contributed by atoms with Gasteiger partial charge >= 0.3 is 0 Å². The van der Waals surface area contributed by atoms with E-state index in [1.807, 2.05) is 11.3 Å². The molecule has 0 spiro atoms. The normalized spacial score (nSPS) is 22.6. The molecule has 1 saturated heterocycles. The zero-order valence-electron chi connectivity index (χ0n) is 10.2. The molecular weight excluding hydrogens is 298 g/mol. The summed E-state index contributed by atoms with van der Waals surface area (Å²) in [7, 11) is 0. The molecule has 0 radical (unpaired) electrons. The average molecular weight is 318 g/mol. The molecule has 1 fully saturated rings. The molecule has 0 aliphatic carbocycles. The van der Waals surface area contributed by atoms with Gasteiger partial charge in [0.05, 0.1) is 6.10 Å². The molecular formula is C13H20BrNOS. The van der Waals surface area contributed by atoms with Gasteiger partial charge in [-0.25, -0.2) is 0 Å². The minimum Gasteiger partial charge on any atom is -0.377 e. The average Bonchev–Trinajstić information content (AvgIpc) is 2.76. The van der Waals surface area contributed by atoms with E-state index in [-0.39, 0.29) is 0 Å². The largest absolute Gasteiger partial charge is 0.377 e. The van der Waals surface area contributed by atoms with Crippen molar-refractivity contribution in [1.82, 2.24) is 5.32 Å². The summed E-state index contributed by atoms with van der Waals surface area (Å²) in [6.45, 7) is 4.10. The summed E-state index contributed by atoms with van der Waals surface area (Å²) in [6.07, 6.45) is 5.17. The first-order chi connectivity index (χ1) is 8.31. The molecule has 2 rings (SSSR count). The molecule has 17 heavy (non-hydrogen) atoms. The molecule has 1 aromatic heterocycles. The van der Waals surface area contributed by atoms with Gasteiger partial charge in [0.1, 0.15) is 0 Å². The molecule has 1 aliphatic heterocycles. The van der Waals surface area contributed by atoms with E-state index in [4.69, 9.17) is 4.74 Å². The van der Waals surface area contributed by atoms with Crippen molar-refractivity contribution >= 4 is 27.3 Å². The zero-order valence-corrected chi connectivity index (χ0v) is 12.6. The highest BCUT2D eigenvalue weighted by Gasteiger charge is 2.24. The zero-order chi connectivity index (χ0) is 12.1. The monoisotopic (exact) mass is 317 g/mol. The van der Waals surface area contributed by atoms with Gasteiger partial charge in [-0.15, -0.1) is 11.3 Å². The van der Waals surface area contributed by atoms with Crippen LogP contribution in [0.15, 0.2) is 15.9 Å². The van der Waals surface area contributed by atoms with Gasteiger partial charge in [0.2, 0.25) is 0 Å². The van der Waals surface area contributed by atoms with Crippen molar-refractivity contribution < 1.29 is 4.74 Å². The van der Waals surface area contributed by atoms with E-state index in [1.54, 1.807) is 0 Å². The van der Waals surface area contributed by atoms with Crippen LogP contribution in [0.5, 0.6) is 0 Å². The van der Waals surface area contributed by atoms with Crippen molar-refractivity contribution in [2.75, 3.05) is 13.2 Å². The standard InChI is InChI=1S/C13H20BrNOS/c1-2-15-11(12-5-3-4-7-16-12)9-13-10(14)6-8-17-13/h6,8,11-12,15H,2-5,7,9H2,1H3. The number of halogens is 1. The van der Waals surface area contributed by atoms with Crippen LogP contribution in [0.2, 0.25) is 0 Å². The third kappa shape index (κ3) is 3.78. The van der Waals surface area contributed by atoms with Crippen LogP contribution in [0.3, 0.4) is 0 Å². The minimum absolute atomic E-state index is 0.387. The number of rotatable bonds is 5. The fourth-order valence-electron chi connectivity index (χ4n) is 2.35. The first kappa shape index (κ1) is 13.5. The molecule has 0 aromatic carbocycles. The predicted molar refractivity (Wildman–Crippen MR) is 76.8 cm³/mol. The Morgan fingerprint density at radius 2 is 2.47 bits per heavy atom. The molecule has 2 nitrogen and oxygen atoms in total. The van der Waals surface area contributed by atoms with Crippen molar-refractivity contribution in [3.8, 4) is 0 Å². The first-order valence-electron chi connectivity index (χ1n) is 6.38. The fourth-order valence-corrected chi connectivity index (χ4v) is 3.92. The Labute approximate surface area is 116 Å². The van der Waals surface area contributed by atoms with E-state index < -0.39 is 0 Å². The summed E-state index contributed by atoms with van der Waals surface area (Å²) >= 11 is 5.44. The molecule has 2 unspecified atom stereocenters. The van der Waals surface area contributed by atoms with Crippen LogP contribution in [-0.4, -0.2) is 25.3 Å².